The Bertz CT molecular complexity index is 262. The lowest BCUT2D eigenvalue weighted by Gasteiger charge is -1.85. The van der Waals surface area contributed by atoms with Crippen LogP contribution >= 0.6 is 0 Å². The molecule has 0 aromatic heterocycles. The van der Waals surface area contributed by atoms with Gasteiger partial charge in [0.2, 0.25) is 0 Å². The van der Waals surface area contributed by atoms with Crippen LogP contribution in [0.4, 0.5) is 0 Å². The van der Waals surface area contributed by atoms with Crippen LogP contribution in [0, 0.1) is 0 Å². The molecule has 0 heteroatoms. The van der Waals surface area contributed by atoms with Gasteiger partial charge in [-0.15, -0.1) is 0 Å². The van der Waals surface area contributed by atoms with Crippen molar-refractivity contribution in [2.75, 3.05) is 0 Å². The molecule has 0 saturated carbocycles. The second kappa shape index (κ2) is 13.7. The van der Waals surface area contributed by atoms with Gasteiger partial charge in [0.1, 0.15) is 0 Å². The van der Waals surface area contributed by atoms with E-state index >= 15 is 0 Å². The first-order valence-electron chi connectivity index (χ1n) is 6.16. The van der Waals surface area contributed by atoms with E-state index < -0.39 is 0 Å². The van der Waals surface area contributed by atoms with Crippen LogP contribution in [0.3, 0.4) is 0 Å². The van der Waals surface area contributed by atoms with Crippen molar-refractivity contribution in [3.8, 4) is 0 Å². The summed E-state index contributed by atoms with van der Waals surface area (Å²) in [6.45, 7) is 4.18. The molecule has 0 saturated heterocycles. The lowest BCUT2D eigenvalue weighted by molar-refractivity contribution is 1.04. The standard InChI is InChI=1S/C16H24/c1-3-5-7-9-11-13-15-16-14-12-10-8-6-4-2/h3,5-10,12,15-16H,4,11,13-14H2,1-2H3/b5-3+,8-6+,9-7+,12-10+,16-15+. The normalized spacial score (nSPS) is 13.4. The first-order valence-corrected chi connectivity index (χ1v) is 6.16. The van der Waals surface area contributed by atoms with Crippen molar-refractivity contribution in [1.29, 1.82) is 0 Å². The Hall–Kier alpha value is -1.30. The molecule has 0 aliphatic rings. The van der Waals surface area contributed by atoms with E-state index in [-0.39, 0.29) is 0 Å². The average Bonchev–Trinajstić information content (AvgIpc) is 2.31. The number of allylic oxidation sites excluding steroid dienone is 10. The molecule has 16 heavy (non-hydrogen) atoms. The van der Waals surface area contributed by atoms with Crippen molar-refractivity contribution in [3.05, 3.63) is 60.8 Å². The molecule has 0 aliphatic heterocycles. The molecule has 88 valence electrons. The third kappa shape index (κ3) is 12.7. The average molecular weight is 216 g/mol. The molecule has 0 atom stereocenters. The lowest BCUT2D eigenvalue weighted by atomic mass is 10.2. The zero-order chi connectivity index (χ0) is 11.9. The molecule has 0 bridgehead atoms. The molecule has 0 unspecified atom stereocenters. The maximum Gasteiger partial charge on any atom is -0.0166 e. The fourth-order valence-corrected chi connectivity index (χ4v) is 1.14. The van der Waals surface area contributed by atoms with E-state index in [0.29, 0.717) is 0 Å². The van der Waals surface area contributed by atoms with Gasteiger partial charge in [0.25, 0.3) is 0 Å². The van der Waals surface area contributed by atoms with E-state index in [9.17, 15) is 0 Å². The molecule has 0 heterocycles. The number of hydrogen-bond donors (Lipinski definition) is 0. The first-order chi connectivity index (χ1) is 7.91. The number of rotatable bonds is 8. The van der Waals surface area contributed by atoms with Gasteiger partial charge in [-0.25, -0.2) is 0 Å². The van der Waals surface area contributed by atoms with E-state index in [1.807, 2.05) is 13.0 Å². The predicted octanol–water partition coefficient (Wildman–Crippen LogP) is 5.37. The van der Waals surface area contributed by atoms with Gasteiger partial charge in [-0.3, -0.25) is 0 Å². The van der Waals surface area contributed by atoms with E-state index in [4.69, 9.17) is 0 Å². The second-order valence-corrected chi connectivity index (χ2v) is 3.50. The molecule has 0 aliphatic carbocycles. The molecule has 0 fully saturated rings. The summed E-state index contributed by atoms with van der Waals surface area (Å²) in [4.78, 5) is 0. The number of hydrogen-bond acceptors (Lipinski definition) is 0. The van der Waals surface area contributed by atoms with Crippen LogP contribution in [0.1, 0.15) is 39.5 Å². The highest BCUT2D eigenvalue weighted by molar-refractivity contribution is 5.05. The Labute approximate surface area is 101 Å². The Kier molecular flexibility index (Phi) is 12.6. The van der Waals surface area contributed by atoms with Gasteiger partial charge in [-0.2, -0.15) is 0 Å². The van der Waals surface area contributed by atoms with Gasteiger partial charge >= 0.3 is 0 Å². The van der Waals surface area contributed by atoms with Crippen LogP contribution in [0.25, 0.3) is 0 Å². The van der Waals surface area contributed by atoms with Gasteiger partial charge in [-0.1, -0.05) is 67.7 Å². The summed E-state index contributed by atoms with van der Waals surface area (Å²) in [5.41, 5.74) is 0. The maximum absolute atomic E-state index is 2.24. The molecular weight excluding hydrogens is 192 g/mol. The fraction of sp³-hybridized carbons (Fsp3) is 0.375. The smallest absolute Gasteiger partial charge is 0.0166 e. The molecule has 0 aromatic rings. The van der Waals surface area contributed by atoms with Crippen LogP contribution in [-0.4, -0.2) is 0 Å². The number of unbranched alkanes of at least 4 members (excludes halogenated alkanes) is 1. The summed E-state index contributed by atoms with van der Waals surface area (Å²) in [6.07, 6.45) is 25.8. The topological polar surface area (TPSA) is 0 Å². The van der Waals surface area contributed by atoms with Crippen molar-refractivity contribution in [3.63, 3.8) is 0 Å². The van der Waals surface area contributed by atoms with Gasteiger partial charge in [-0.05, 0) is 32.6 Å². The molecular formula is C16H24. The Morgan fingerprint density at radius 2 is 1.38 bits per heavy atom. The van der Waals surface area contributed by atoms with Gasteiger partial charge in [0, 0.05) is 0 Å². The summed E-state index contributed by atoms with van der Waals surface area (Å²) in [7, 11) is 0. The van der Waals surface area contributed by atoms with Gasteiger partial charge < -0.3 is 0 Å². The van der Waals surface area contributed by atoms with Crippen LogP contribution in [0.2, 0.25) is 0 Å². The minimum atomic E-state index is 1.03. The highest BCUT2D eigenvalue weighted by Gasteiger charge is 1.75. The first kappa shape index (κ1) is 14.7. The SMILES string of the molecule is C/C=C/C=C/CC/C=C/C/C=C/C=C/CC. The molecule has 0 radical (unpaired) electrons. The second-order valence-electron chi connectivity index (χ2n) is 3.50. The van der Waals surface area contributed by atoms with Crippen molar-refractivity contribution >= 4 is 0 Å². The molecule has 0 aromatic carbocycles. The largest absolute Gasteiger partial charge is 0.0879 e. The van der Waals surface area contributed by atoms with Crippen molar-refractivity contribution < 1.29 is 0 Å². The van der Waals surface area contributed by atoms with Crippen LogP contribution in [0.15, 0.2) is 60.8 Å². The molecule has 0 amide bonds. The monoisotopic (exact) mass is 216 g/mol. The zero-order valence-electron chi connectivity index (χ0n) is 10.6. The van der Waals surface area contributed by atoms with E-state index in [1.165, 1.54) is 0 Å². The summed E-state index contributed by atoms with van der Waals surface area (Å²) >= 11 is 0. The summed E-state index contributed by atoms with van der Waals surface area (Å²) in [5.74, 6) is 0. The van der Waals surface area contributed by atoms with Crippen molar-refractivity contribution in [1.82, 2.24) is 0 Å². The van der Waals surface area contributed by atoms with Gasteiger partial charge in [0.15, 0.2) is 0 Å². The molecule has 0 N–H and O–H groups in total. The van der Waals surface area contributed by atoms with Gasteiger partial charge in [0.05, 0.1) is 0 Å². The summed E-state index contributed by atoms with van der Waals surface area (Å²) in [6, 6.07) is 0. The minimum absolute atomic E-state index is 1.03. The fourth-order valence-electron chi connectivity index (χ4n) is 1.14. The third-order valence-corrected chi connectivity index (χ3v) is 2.00. The van der Waals surface area contributed by atoms with Crippen molar-refractivity contribution in [2.45, 2.75) is 39.5 Å². The quantitative estimate of drug-likeness (QED) is 0.291. The molecule has 0 rings (SSSR count). The van der Waals surface area contributed by atoms with Crippen LogP contribution in [0.5, 0.6) is 0 Å². The van der Waals surface area contributed by atoms with Crippen molar-refractivity contribution in [2.24, 2.45) is 0 Å². The van der Waals surface area contributed by atoms with E-state index in [2.05, 4.69) is 61.6 Å². The summed E-state index contributed by atoms with van der Waals surface area (Å²) < 4.78 is 0. The highest BCUT2D eigenvalue weighted by atomic mass is 13.8. The highest BCUT2D eigenvalue weighted by Crippen LogP contribution is 1.95. The third-order valence-electron chi connectivity index (χ3n) is 2.00. The lowest BCUT2D eigenvalue weighted by Crippen LogP contribution is -1.65. The zero-order valence-corrected chi connectivity index (χ0v) is 10.6. The summed E-state index contributed by atoms with van der Waals surface area (Å²) in [5, 5.41) is 0. The Balaban J connectivity index is 3.41. The Morgan fingerprint density at radius 1 is 0.688 bits per heavy atom. The Morgan fingerprint density at radius 3 is 2.12 bits per heavy atom. The minimum Gasteiger partial charge on any atom is -0.0879 e. The molecule has 0 spiro atoms. The molecule has 0 nitrogen and oxygen atoms in total. The van der Waals surface area contributed by atoms with E-state index in [0.717, 1.165) is 25.7 Å². The predicted molar refractivity (Wildman–Crippen MR) is 75.5 cm³/mol. The van der Waals surface area contributed by atoms with Crippen LogP contribution in [-0.2, 0) is 0 Å². The van der Waals surface area contributed by atoms with Crippen LogP contribution < -0.4 is 0 Å². The maximum atomic E-state index is 2.24. The van der Waals surface area contributed by atoms with E-state index in [1.54, 1.807) is 0 Å².